The van der Waals surface area contributed by atoms with E-state index in [2.05, 4.69) is 5.32 Å². The van der Waals surface area contributed by atoms with Gasteiger partial charge in [-0.05, 0) is 27.2 Å². The van der Waals surface area contributed by atoms with E-state index in [1.54, 1.807) is 4.90 Å². The topological polar surface area (TPSA) is 77.1 Å². The van der Waals surface area contributed by atoms with E-state index < -0.39 is 11.6 Å². The Morgan fingerprint density at radius 1 is 1.33 bits per heavy atom. The van der Waals surface area contributed by atoms with Crippen LogP contribution >= 0.6 is 0 Å². The molecule has 2 unspecified atom stereocenters. The molecule has 0 aromatic carbocycles. The number of methoxy groups -OCH3 is 2. The molecule has 0 radical (unpaired) electrons. The van der Waals surface area contributed by atoms with E-state index in [0.717, 1.165) is 6.42 Å². The zero-order chi connectivity index (χ0) is 16.0. The van der Waals surface area contributed by atoms with Gasteiger partial charge in [0.2, 0.25) is 0 Å². The summed E-state index contributed by atoms with van der Waals surface area (Å²) in [5.74, 6) is -0.375. The van der Waals surface area contributed by atoms with Crippen molar-refractivity contribution in [1.82, 2.24) is 10.2 Å². The summed E-state index contributed by atoms with van der Waals surface area (Å²) in [5.41, 5.74) is -0.505. The van der Waals surface area contributed by atoms with Crippen LogP contribution in [0.15, 0.2) is 0 Å². The summed E-state index contributed by atoms with van der Waals surface area (Å²) in [6.45, 7) is 6.92. The second kappa shape index (κ2) is 7.61. The molecule has 1 fully saturated rings. The summed E-state index contributed by atoms with van der Waals surface area (Å²) >= 11 is 0. The molecule has 122 valence electrons. The van der Waals surface area contributed by atoms with Gasteiger partial charge in [-0.2, -0.15) is 0 Å². The minimum atomic E-state index is -0.527. The maximum Gasteiger partial charge on any atom is 0.410 e. The second-order valence-corrected chi connectivity index (χ2v) is 6.06. The Hall–Kier alpha value is -1.34. The van der Waals surface area contributed by atoms with Crippen molar-refractivity contribution in [2.45, 2.75) is 44.9 Å². The van der Waals surface area contributed by atoms with Crippen molar-refractivity contribution in [3.63, 3.8) is 0 Å². The van der Waals surface area contributed by atoms with E-state index in [1.165, 1.54) is 14.2 Å². The molecule has 0 aromatic heterocycles. The SMILES string of the molecule is COCC(NCC1CCN1C(=O)OC(C)(C)C)C(=O)OC. The van der Waals surface area contributed by atoms with Gasteiger partial charge in [-0.1, -0.05) is 0 Å². The van der Waals surface area contributed by atoms with Gasteiger partial charge in [-0.25, -0.2) is 4.79 Å². The lowest BCUT2D eigenvalue weighted by Gasteiger charge is -2.41. The number of carbonyl (C=O) groups is 2. The van der Waals surface area contributed by atoms with Crippen LogP contribution in [0.25, 0.3) is 0 Å². The van der Waals surface area contributed by atoms with E-state index in [9.17, 15) is 9.59 Å². The summed E-state index contributed by atoms with van der Waals surface area (Å²) in [5, 5.41) is 3.07. The highest BCUT2D eigenvalue weighted by Crippen LogP contribution is 2.20. The average Bonchev–Trinajstić information content (AvgIpc) is 2.33. The number of likely N-dealkylation sites (tertiary alicyclic amines) is 1. The standard InChI is InChI=1S/C14H26N2O5/c1-14(2,3)21-13(18)16-7-6-10(16)8-15-11(9-19-4)12(17)20-5/h10-11,15H,6-9H2,1-5H3. The second-order valence-electron chi connectivity index (χ2n) is 6.06. The predicted molar refractivity (Wildman–Crippen MR) is 77.0 cm³/mol. The number of ether oxygens (including phenoxy) is 3. The van der Waals surface area contributed by atoms with Crippen molar-refractivity contribution in [2.75, 3.05) is 33.9 Å². The minimum absolute atomic E-state index is 0.0314. The number of nitrogens with zero attached hydrogens (tertiary/aromatic N) is 1. The van der Waals surface area contributed by atoms with E-state index in [1.807, 2.05) is 20.8 Å². The van der Waals surface area contributed by atoms with Crippen LogP contribution in [0.4, 0.5) is 4.79 Å². The maximum absolute atomic E-state index is 12.0. The van der Waals surface area contributed by atoms with Gasteiger partial charge in [0, 0.05) is 26.2 Å². The summed E-state index contributed by atoms with van der Waals surface area (Å²) in [6.07, 6.45) is 0.564. The molecule has 1 aliphatic heterocycles. The third kappa shape index (κ3) is 5.51. The number of rotatable bonds is 6. The molecule has 21 heavy (non-hydrogen) atoms. The van der Waals surface area contributed by atoms with E-state index in [0.29, 0.717) is 13.1 Å². The van der Waals surface area contributed by atoms with Gasteiger partial charge in [0.15, 0.2) is 0 Å². The molecule has 0 aliphatic carbocycles. The lowest BCUT2D eigenvalue weighted by molar-refractivity contribution is -0.144. The Balaban J connectivity index is 2.44. The first-order valence-corrected chi connectivity index (χ1v) is 7.08. The number of amides is 1. The molecule has 7 heteroatoms. The maximum atomic E-state index is 12.0. The molecular weight excluding hydrogens is 276 g/mol. The van der Waals surface area contributed by atoms with Gasteiger partial charge < -0.3 is 24.4 Å². The predicted octanol–water partition coefficient (Wildman–Crippen LogP) is 0.773. The molecule has 1 saturated heterocycles. The Morgan fingerprint density at radius 3 is 2.43 bits per heavy atom. The first kappa shape index (κ1) is 17.7. The fourth-order valence-electron chi connectivity index (χ4n) is 2.01. The van der Waals surface area contributed by atoms with Crippen LogP contribution in [0.3, 0.4) is 0 Å². The van der Waals surface area contributed by atoms with Crippen molar-refractivity contribution in [2.24, 2.45) is 0 Å². The Bertz CT molecular complexity index is 367. The first-order valence-electron chi connectivity index (χ1n) is 7.08. The van der Waals surface area contributed by atoms with Crippen molar-refractivity contribution in [1.29, 1.82) is 0 Å². The molecule has 7 nitrogen and oxygen atoms in total. The van der Waals surface area contributed by atoms with E-state index in [-0.39, 0.29) is 24.7 Å². The van der Waals surface area contributed by atoms with Crippen molar-refractivity contribution in [3.8, 4) is 0 Å². The molecule has 1 heterocycles. The monoisotopic (exact) mass is 302 g/mol. The Labute approximate surface area is 125 Å². The molecule has 1 amide bonds. The van der Waals surface area contributed by atoms with Gasteiger partial charge in [-0.3, -0.25) is 4.79 Å². The molecule has 0 bridgehead atoms. The van der Waals surface area contributed by atoms with Gasteiger partial charge in [0.1, 0.15) is 11.6 Å². The van der Waals surface area contributed by atoms with E-state index >= 15 is 0 Å². The average molecular weight is 302 g/mol. The van der Waals surface area contributed by atoms with Crippen LogP contribution in [0.2, 0.25) is 0 Å². The Kier molecular flexibility index (Phi) is 6.42. The molecule has 0 aromatic rings. The Morgan fingerprint density at radius 2 is 2.00 bits per heavy atom. The highest BCUT2D eigenvalue weighted by molar-refractivity contribution is 5.75. The van der Waals surface area contributed by atoms with Gasteiger partial charge in [0.05, 0.1) is 13.7 Å². The van der Waals surface area contributed by atoms with Gasteiger partial charge in [0.25, 0.3) is 0 Å². The summed E-state index contributed by atoms with van der Waals surface area (Å²) in [6, 6.07) is -0.495. The van der Waals surface area contributed by atoms with Crippen LogP contribution in [-0.4, -0.2) is 68.6 Å². The largest absolute Gasteiger partial charge is 0.468 e. The number of hydrogen-bond acceptors (Lipinski definition) is 6. The van der Waals surface area contributed by atoms with Crippen LogP contribution in [0.5, 0.6) is 0 Å². The first-order chi connectivity index (χ1) is 9.78. The number of nitrogens with one attached hydrogen (secondary N) is 1. The molecule has 0 saturated carbocycles. The highest BCUT2D eigenvalue weighted by Gasteiger charge is 2.35. The molecular formula is C14H26N2O5. The number of hydrogen-bond donors (Lipinski definition) is 1. The highest BCUT2D eigenvalue weighted by atomic mass is 16.6. The van der Waals surface area contributed by atoms with Crippen LogP contribution in [0.1, 0.15) is 27.2 Å². The smallest absolute Gasteiger partial charge is 0.410 e. The van der Waals surface area contributed by atoms with Crippen molar-refractivity contribution in [3.05, 3.63) is 0 Å². The normalized spacial score (nSPS) is 19.7. The van der Waals surface area contributed by atoms with Crippen LogP contribution in [-0.2, 0) is 19.0 Å². The van der Waals surface area contributed by atoms with Crippen LogP contribution < -0.4 is 5.32 Å². The zero-order valence-corrected chi connectivity index (χ0v) is 13.5. The third-order valence-electron chi connectivity index (χ3n) is 3.19. The molecule has 1 rings (SSSR count). The number of carbonyl (C=O) groups excluding carboxylic acids is 2. The fourth-order valence-corrected chi connectivity index (χ4v) is 2.01. The zero-order valence-electron chi connectivity index (χ0n) is 13.5. The summed E-state index contributed by atoms with van der Waals surface area (Å²) < 4.78 is 15.0. The molecule has 1 N–H and O–H groups in total. The van der Waals surface area contributed by atoms with Crippen molar-refractivity contribution < 1.29 is 23.8 Å². The lowest BCUT2D eigenvalue weighted by Crippen LogP contribution is -2.58. The minimum Gasteiger partial charge on any atom is -0.468 e. The molecule has 2 atom stereocenters. The quantitative estimate of drug-likeness (QED) is 0.730. The third-order valence-corrected chi connectivity index (χ3v) is 3.19. The van der Waals surface area contributed by atoms with Crippen LogP contribution in [0, 0.1) is 0 Å². The fraction of sp³-hybridized carbons (Fsp3) is 0.857. The molecule has 1 aliphatic rings. The summed E-state index contributed by atoms with van der Waals surface area (Å²) in [4.78, 5) is 25.2. The van der Waals surface area contributed by atoms with Gasteiger partial charge in [-0.15, -0.1) is 0 Å². The summed E-state index contributed by atoms with van der Waals surface area (Å²) in [7, 11) is 2.86. The van der Waals surface area contributed by atoms with Gasteiger partial charge >= 0.3 is 12.1 Å². The van der Waals surface area contributed by atoms with E-state index in [4.69, 9.17) is 14.2 Å². The molecule has 0 spiro atoms. The number of esters is 1. The van der Waals surface area contributed by atoms with Crippen molar-refractivity contribution >= 4 is 12.1 Å². The lowest BCUT2D eigenvalue weighted by atomic mass is 10.0.